The van der Waals surface area contributed by atoms with Crippen molar-refractivity contribution in [3.63, 3.8) is 0 Å². The third-order valence-corrected chi connectivity index (χ3v) is 5.34. The van der Waals surface area contributed by atoms with E-state index in [4.69, 9.17) is 4.74 Å². The fraction of sp³-hybridized carbons (Fsp3) is 0.684. The van der Waals surface area contributed by atoms with E-state index in [0.717, 1.165) is 30.6 Å². The van der Waals surface area contributed by atoms with Crippen molar-refractivity contribution in [1.29, 1.82) is 0 Å². The van der Waals surface area contributed by atoms with E-state index in [1.807, 2.05) is 11.5 Å². The van der Waals surface area contributed by atoms with Crippen LogP contribution in [0, 0.1) is 17.8 Å². The summed E-state index contributed by atoms with van der Waals surface area (Å²) in [5.74, 6) is 2.23. The molecular formula is C19H28N4O2. The number of hydrogen-bond donors (Lipinski definition) is 0. The van der Waals surface area contributed by atoms with Crippen molar-refractivity contribution in [3.8, 4) is 0 Å². The minimum Gasteiger partial charge on any atom is -0.461 e. The molecule has 1 aliphatic rings. The van der Waals surface area contributed by atoms with Gasteiger partial charge in [0.2, 0.25) is 0 Å². The Hall–Kier alpha value is -1.98. The molecule has 0 radical (unpaired) electrons. The van der Waals surface area contributed by atoms with Crippen molar-refractivity contribution in [1.82, 2.24) is 19.5 Å². The molecule has 0 aromatic carbocycles. The second-order valence-electron chi connectivity index (χ2n) is 7.55. The van der Waals surface area contributed by atoms with Crippen LogP contribution in [-0.2, 0) is 22.5 Å². The van der Waals surface area contributed by atoms with Crippen molar-refractivity contribution in [2.45, 2.75) is 66.0 Å². The van der Waals surface area contributed by atoms with E-state index in [0.29, 0.717) is 23.4 Å². The second-order valence-corrected chi connectivity index (χ2v) is 7.55. The summed E-state index contributed by atoms with van der Waals surface area (Å²) in [6.07, 6.45) is 7.24. The Morgan fingerprint density at radius 1 is 1.40 bits per heavy atom. The van der Waals surface area contributed by atoms with E-state index >= 15 is 0 Å². The molecule has 2 heterocycles. The molecule has 1 fully saturated rings. The molecule has 3 rings (SSSR count). The third kappa shape index (κ3) is 3.83. The summed E-state index contributed by atoms with van der Waals surface area (Å²) in [5.41, 5.74) is 1.42. The monoisotopic (exact) mass is 344 g/mol. The predicted octanol–water partition coefficient (Wildman–Crippen LogP) is 3.39. The highest BCUT2D eigenvalue weighted by Gasteiger charge is 2.33. The summed E-state index contributed by atoms with van der Waals surface area (Å²) in [6.45, 7) is 8.86. The van der Waals surface area contributed by atoms with Crippen LogP contribution in [0.5, 0.6) is 0 Å². The molecule has 0 spiro atoms. The number of imidazole rings is 1. The van der Waals surface area contributed by atoms with Gasteiger partial charge in [-0.15, -0.1) is 0 Å². The van der Waals surface area contributed by atoms with Gasteiger partial charge in [0.15, 0.2) is 5.65 Å². The Kier molecular flexibility index (Phi) is 5.35. The highest BCUT2D eigenvalue weighted by Crippen LogP contribution is 2.35. The molecule has 0 amide bonds. The molecule has 3 atom stereocenters. The number of fused-ring (bicyclic) bond motifs is 1. The quantitative estimate of drug-likeness (QED) is 0.778. The van der Waals surface area contributed by atoms with Crippen LogP contribution >= 0.6 is 0 Å². The van der Waals surface area contributed by atoms with Crippen LogP contribution < -0.4 is 0 Å². The molecule has 1 aliphatic carbocycles. The first kappa shape index (κ1) is 17.8. The summed E-state index contributed by atoms with van der Waals surface area (Å²) in [5, 5.41) is 0. The predicted molar refractivity (Wildman–Crippen MR) is 95.9 cm³/mol. The molecule has 2 aromatic heterocycles. The first-order valence-corrected chi connectivity index (χ1v) is 9.34. The van der Waals surface area contributed by atoms with Crippen molar-refractivity contribution >= 4 is 17.1 Å². The lowest BCUT2D eigenvalue weighted by Crippen LogP contribution is -2.36. The molecule has 1 unspecified atom stereocenters. The topological polar surface area (TPSA) is 69.9 Å². The Balaban J connectivity index is 1.76. The first-order valence-electron chi connectivity index (χ1n) is 9.34. The molecule has 6 heteroatoms. The van der Waals surface area contributed by atoms with Crippen LogP contribution in [0.3, 0.4) is 0 Å². The van der Waals surface area contributed by atoms with Crippen molar-refractivity contribution < 1.29 is 9.53 Å². The van der Waals surface area contributed by atoms with Gasteiger partial charge in [-0.1, -0.05) is 34.1 Å². The first-order chi connectivity index (χ1) is 12.0. The molecule has 0 bridgehead atoms. The van der Waals surface area contributed by atoms with E-state index in [9.17, 15) is 4.79 Å². The van der Waals surface area contributed by atoms with Crippen molar-refractivity contribution in [2.24, 2.45) is 17.8 Å². The van der Waals surface area contributed by atoms with Gasteiger partial charge >= 0.3 is 5.97 Å². The van der Waals surface area contributed by atoms with Gasteiger partial charge in [-0.3, -0.25) is 4.79 Å². The lowest BCUT2D eigenvalue weighted by Gasteiger charge is -2.36. The molecule has 0 N–H and O–H groups in total. The van der Waals surface area contributed by atoms with Crippen LogP contribution in [0.1, 0.15) is 52.8 Å². The van der Waals surface area contributed by atoms with Gasteiger partial charge in [-0.2, -0.15) is 0 Å². The molecule has 0 saturated heterocycles. The minimum absolute atomic E-state index is 0.0192. The number of carbonyl (C=O) groups is 1. The van der Waals surface area contributed by atoms with Gasteiger partial charge in [0.25, 0.3) is 0 Å². The van der Waals surface area contributed by atoms with Gasteiger partial charge in [-0.25, -0.2) is 15.0 Å². The summed E-state index contributed by atoms with van der Waals surface area (Å²) in [7, 11) is 0. The maximum Gasteiger partial charge on any atom is 0.326 e. The summed E-state index contributed by atoms with van der Waals surface area (Å²) < 4.78 is 7.78. The summed E-state index contributed by atoms with van der Waals surface area (Å²) in [6, 6.07) is 0. The minimum atomic E-state index is -0.197. The average molecular weight is 344 g/mol. The van der Waals surface area contributed by atoms with E-state index in [1.165, 1.54) is 12.7 Å². The Morgan fingerprint density at radius 2 is 2.20 bits per heavy atom. The molecule has 0 aliphatic heterocycles. The highest BCUT2D eigenvalue weighted by atomic mass is 16.5. The van der Waals surface area contributed by atoms with Crippen molar-refractivity contribution in [2.75, 3.05) is 0 Å². The maximum atomic E-state index is 12.7. The van der Waals surface area contributed by atoms with Gasteiger partial charge in [0.05, 0.1) is 6.20 Å². The zero-order chi connectivity index (χ0) is 18.0. The Morgan fingerprint density at radius 3 is 2.92 bits per heavy atom. The molecule has 6 nitrogen and oxygen atoms in total. The number of rotatable bonds is 5. The van der Waals surface area contributed by atoms with E-state index < -0.39 is 0 Å². The van der Waals surface area contributed by atoms with Crippen LogP contribution in [0.25, 0.3) is 11.2 Å². The van der Waals surface area contributed by atoms with Gasteiger partial charge in [0.1, 0.15) is 30.3 Å². The number of esters is 1. The Bertz CT molecular complexity index is 740. The zero-order valence-corrected chi connectivity index (χ0v) is 15.6. The van der Waals surface area contributed by atoms with Gasteiger partial charge < -0.3 is 9.30 Å². The van der Waals surface area contributed by atoms with Crippen LogP contribution in [0.4, 0.5) is 0 Å². The van der Waals surface area contributed by atoms with Crippen LogP contribution in [0.15, 0.2) is 12.5 Å². The van der Waals surface area contributed by atoms with Crippen molar-refractivity contribution in [3.05, 3.63) is 18.3 Å². The van der Waals surface area contributed by atoms with Gasteiger partial charge in [-0.05, 0) is 30.6 Å². The number of aryl methyl sites for hydroxylation is 1. The largest absolute Gasteiger partial charge is 0.461 e. The maximum absolute atomic E-state index is 12.7. The molecule has 1 saturated carbocycles. The number of carbonyl (C=O) groups excluding carboxylic acids is 1. The van der Waals surface area contributed by atoms with E-state index in [2.05, 4.69) is 35.7 Å². The number of hydrogen-bond acceptors (Lipinski definition) is 5. The number of aromatic nitrogens is 4. The van der Waals surface area contributed by atoms with E-state index in [-0.39, 0.29) is 18.6 Å². The fourth-order valence-corrected chi connectivity index (χ4v) is 3.95. The van der Waals surface area contributed by atoms with Crippen LogP contribution in [-0.4, -0.2) is 31.6 Å². The molecule has 25 heavy (non-hydrogen) atoms. The molecular weight excluding hydrogens is 316 g/mol. The summed E-state index contributed by atoms with van der Waals surface area (Å²) in [4.78, 5) is 25.5. The van der Waals surface area contributed by atoms with Gasteiger partial charge in [0, 0.05) is 6.42 Å². The molecule has 136 valence electrons. The second kappa shape index (κ2) is 7.50. The van der Waals surface area contributed by atoms with Crippen LogP contribution in [0.2, 0.25) is 0 Å². The number of nitrogens with zero attached hydrogens (tertiary/aromatic N) is 4. The highest BCUT2D eigenvalue weighted by molar-refractivity contribution is 5.75. The standard InChI is InChI=1S/C19H28N4O2/c1-5-17-22-15-9-20-11-21-19(15)23(17)10-18(24)25-16-8-13(4)6-7-14(16)12(2)3/h9,11-14,16H,5-8,10H2,1-4H3/t13-,14+,16?/m1/s1. The number of ether oxygens (including phenoxy) is 1. The Labute approximate surface area is 149 Å². The fourth-order valence-electron chi connectivity index (χ4n) is 3.95. The average Bonchev–Trinajstić information content (AvgIpc) is 2.92. The van der Waals surface area contributed by atoms with E-state index in [1.54, 1.807) is 6.20 Å². The lowest BCUT2D eigenvalue weighted by atomic mass is 9.75. The normalized spacial score (nSPS) is 24.0. The zero-order valence-electron chi connectivity index (χ0n) is 15.6. The molecule has 2 aromatic rings. The summed E-state index contributed by atoms with van der Waals surface area (Å²) >= 11 is 0. The third-order valence-electron chi connectivity index (χ3n) is 5.34. The lowest BCUT2D eigenvalue weighted by molar-refractivity contribution is -0.156. The SMILES string of the molecule is CCc1nc2cncnc2n1CC(=O)OC1C[C@H](C)CC[C@H]1C(C)C. The smallest absolute Gasteiger partial charge is 0.326 e.